The van der Waals surface area contributed by atoms with Gasteiger partial charge < -0.3 is 15.4 Å². The van der Waals surface area contributed by atoms with Crippen LogP contribution in [0.15, 0.2) is 24.3 Å². The van der Waals surface area contributed by atoms with Crippen molar-refractivity contribution in [3.05, 3.63) is 29.8 Å². The summed E-state index contributed by atoms with van der Waals surface area (Å²) < 4.78 is 5.45. The number of rotatable bonds is 12. The fourth-order valence-electron chi connectivity index (χ4n) is 1.99. The van der Waals surface area contributed by atoms with Gasteiger partial charge in [0.1, 0.15) is 0 Å². The summed E-state index contributed by atoms with van der Waals surface area (Å²) in [5.41, 5.74) is 1.92. The average Bonchev–Trinajstić information content (AvgIpc) is 2.60. The summed E-state index contributed by atoms with van der Waals surface area (Å²) >= 11 is 1.33. The van der Waals surface area contributed by atoms with Crippen LogP contribution in [0.3, 0.4) is 0 Å². The minimum Gasteiger partial charge on any atom is -0.381 e. The molecular weight excluding hydrogens is 336 g/mol. The minimum atomic E-state index is -0.259. The van der Waals surface area contributed by atoms with E-state index in [1.54, 1.807) is 0 Å². The van der Waals surface area contributed by atoms with E-state index in [2.05, 4.69) is 17.6 Å². The lowest BCUT2D eigenvalue weighted by molar-refractivity contribution is -0.120. The molecule has 1 aromatic rings. The summed E-state index contributed by atoms with van der Waals surface area (Å²) in [7, 11) is 0. The predicted octanol–water partition coefficient (Wildman–Crippen LogP) is 3.38. The standard InChI is InChI=1S/C19H30N2O3S/c1-4-5-12-24-13-6-11-20-19(23)16(3)25-14-18(22)21-17-9-7-15(2)8-10-17/h7-10,16H,4-6,11-14H2,1-3H3,(H,20,23)(H,21,22). The number of anilines is 1. The van der Waals surface area contributed by atoms with Gasteiger partial charge in [0.05, 0.1) is 11.0 Å². The fourth-order valence-corrected chi connectivity index (χ4v) is 2.70. The molecule has 5 nitrogen and oxygen atoms in total. The molecule has 1 rings (SSSR count). The van der Waals surface area contributed by atoms with E-state index in [0.717, 1.165) is 37.1 Å². The molecule has 0 spiro atoms. The normalized spacial score (nSPS) is 11.8. The van der Waals surface area contributed by atoms with Crippen molar-refractivity contribution < 1.29 is 14.3 Å². The molecule has 0 saturated heterocycles. The van der Waals surface area contributed by atoms with Crippen LogP contribution < -0.4 is 10.6 Å². The molecule has 0 bridgehead atoms. The van der Waals surface area contributed by atoms with Gasteiger partial charge in [-0.2, -0.15) is 0 Å². The first kappa shape index (κ1) is 21.5. The lowest BCUT2D eigenvalue weighted by Gasteiger charge is -2.12. The zero-order chi connectivity index (χ0) is 18.5. The number of nitrogens with one attached hydrogen (secondary N) is 2. The fraction of sp³-hybridized carbons (Fsp3) is 0.579. The maximum absolute atomic E-state index is 12.0. The lowest BCUT2D eigenvalue weighted by atomic mass is 10.2. The molecular formula is C19H30N2O3S. The molecule has 0 aromatic heterocycles. The highest BCUT2D eigenvalue weighted by Crippen LogP contribution is 2.13. The Bertz CT molecular complexity index is 520. The SMILES string of the molecule is CCCCOCCCNC(=O)C(C)SCC(=O)Nc1ccc(C)cc1. The van der Waals surface area contributed by atoms with Gasteiger partial charge in [0.15, 0.2) is 0 Å². The molecule has 0 heterocycles. The molecule has 0 aliphatic rings. The van der Waals surface area contributed by atoms with Gasteiger partial charge in [-0.05, 0) is 38.8 Å². The van der Waals surface area contributed by atoms with Gasteiger partial charge in [-0.3, -0.25) is 9.59 Å². The van der Waals surface area contributed by atoms with E-state index in [9.17, 15) is 9.59 Å². The number of thioether (sulfide) groups is 1. The predicted molar refractivity (Wildman–Crippen MR) is 105 cm³/mol. The van der Waals surface area contributed by atoms with Crippen molar-refractivity contribution in [3.8, 4) is 0 Å². The van der Waals surface area contributed by atoms with Crippen LogP contribution >= 0.6 is 11.8 Å². The third-order valence-electron chi connectivity index (χ3n) is 3.58. The van der Waals surface area contributed by atoms with E-state index in [-0.39, 0.29) is 22.8 Å². The second-order valence-electron chi connectivity index (χ2n) is 5.98. The summed E-state index contributed by atoms with van der Waals surface area (Å²) in [6, 6.07) is 7.64. The van der Waals surface area contributed by atoms with Crippen molar-refractivity contribution in [3.63, 3.8) is 0 Å². The molecule has 0 radical (unpaired) electrons. The van der Waals surface area contributed by atoms with Gasteiger partial charge in [0.2, 0.25) is 11.8 Å². The first-order valence-electron chi connectivity index (χ1n) is 8.86. The zero-order valence-corrected chi connectivity index (χ0v) is 16.3. The largest absolute Gasteiger partial charge is 0.381 e. The highest BCUT2D eigenvalue weighted by Gasteiger charge is 2.14. The highest BCUT2D eigenvalue weighted by atomic mass is 32.2. The van der Waals surface area contributed by atoms with Crippen LogP contribution in [0.25, 0.3) is 0 Å². The van der Waals surface area contributed by atoms with Crippen LogP contribution in [0.4, 0.5) is 5.69 Å². The number of amides is 2. The first-order valence-corrected chi connectivity index (χ1v) is 9.91. The van der Waals surface area contributed by atoms with Crippen LogP contribution in [-0.2, 0) is 14.3 Å². The average molecular weight is 367 g/mol. The van der Waals surface area contributed by atoms with Crippen molar-refractivity contribution in [2.45, 2.75) is 45.3 Å². The smallest absolute Gasteiger partial charge is 0.234 e. The molecule has 2 amide bonds. The Morgan fingerprint density at radius 1 is 1.16 bits per heavy atom. The Balaban J connectivity index is 2.13. The Kier molecular flexibility index (Phi) is 11.0. The number of hydrogen-bond acceptors (Lipinski definition) is 4. The monoisotopic (exact) mass is 366 g/mol. The zero-order valence-electron chi connectivity index (χ0n) is 15.5. The molecule has 25 heavy (non-hydrogen) atoms. The number of carbonyl (C=O) groups excluding carboxylic acids is 2. The number of unbranched alkanes of at least 4 members (excludes halogenated alkanes) is 1. The van der Waals surface area contributed by atoms with Crippen LogP contribution in [0.5, 0.6) is 0 Å². The summed E-state index contributed by atoms with van der Waals surface area (Å²) in [6.45, 7) is 8.00. The number of hydrogen-bond donors (Lipinski definition) is 2. The van der Waals surface area contributed by atoms with E-state index >= 15 is 0 Å². The summed E-state index contributed by atoms with van der Waals surface area (Å²) in [6.07, 6.45) is 3.01. The van der Waals surface area contributed by atoms with Gasteiger partial charge in [-0.1, -0.05) is 31.0 Å². The Hall–Kier alpha value is -1.53. The molecule has 0 saturated carbocycles. The second kappa shape index (κ2) is 12.8. The van der Waals surface area contributed by atoms with E-state index in [0.29, 0.717) is 13.2 Å². The lowest BCUT2D eigenvalue weighted by Crippen LogP contribution is -2.33. The topological polar surface area (TPSA) is 67.4 Å². The van der Waals surface area contributed by atoms with Gasteiger partial charge in [-0.15, -0.1) is 11.8 Å². The molecule has 6 heteroatoms. The minimum absolute atomic E-state index is 0.0401. The van der Waals surface area contributed by atoms with Crippen LogP contribution in [0, 0.1) is 6.92 Å². The molecule has 0 fully saturated rings. The number of aryl methyl sites for hydroxylation is 1. The number of ether oxygens (including phenoxy) is 1. The van der Waals surface area contributed by atoms with Gasteiger partial charge in [0, 0.05) is 25.4 Å². The van der Waals surface area contributed by atoms with Gasteiger partial charge in [-0.25, -0.2) is 0 Å². The molecule has 1 aromatic carbocycles. The second-order valence-corrected chi connectivity index (χ2v) is 7.31. The number of carbonyl (C=O) groups is 2. The summed E-state index contributed by atoms with van der Waals surface area (Å²) in [5, 5.41) is 5.45. The van der Waals surface area contributed by atoms with Crippen molar-refractivity contribution in [2.75, 3.05) is 30.8 Å². The third-order valence-corrected chi connectivity index (χ3v) is 4.72. The quantitative estimate of drug-likeness (QED) is 0.557. The summed E-state index contributed by atoms with van der Waals surface area (Å²) in [4.78, 5) is 23.9. The molecule has 0 aliphatic heterocycles. The van der Waals surface area contributed by atoms with Crippen LogP contribution in [0.1, 0.15) is 38.7 Å². The van der Waals surface area contributed by atoms with Gasteiger partial charge >= 0.3 is 0 Å². The third kappa shape index (κ3) is 10.1. The Morgan fingerprint density at radius 3 is 2.52 bits per heavy atom. The van der Waals surface area contributed by atoms with Crippen molar-refractivity contribution in [1.82, 2.24) is 5.32 Å². The molecule has 1 atom stereocenters. The molecule has 1 unspecified atom stereocenters. The Labute approximate surface area is 155 Å². The maximum Gasteiger partial charge on any atom is 0.234 e. The maximum atomic E-state index is 12.0. The van der Waals surface area contributed by atoms with Crippen molar-refractivity contribution in [1.29, 1.82) is 0 Å². The van der Waals surface area contributed by atoms with Crippen LogP contribution in [0.2, 0.25) is 0 Å². The highest BCUT2D eigenvalue weighted by molar-refractivity contribution is 8.01. The molecule has 0 aliphatic carbocycles. The number of benzene rings is 1. The summed E-state index contributed by atoms with van der Waals surface area (Å²) in [5.74, 6) is 0.113. The van der Waals surface area contributed by atoms with Crippen molar-refractivity contribution >= 4 is 29.3 Å². The molecule has 2 N–H and O–H groups in total. The molecule has 140 valence electrons. The van der Waals surface area contributed by atoms with Crippen molar-refractivity contribution in [2.24, 2.45) is 0 Å². The first-order chi connectivity index (χ1) is 12.0. The van der Waals surface area contributed by atoms with Gasteiger partial charge in [0.25, 0.3) is 0 Å². The van der Waals surface area contributed by atoms with E-state index in [1.807, 2.05) is 38.1 Å². The Morgan fingerprint density at radius 2 is 1.84 bits per heavy atom. The van der Waals surface area contributed by atoms with E-state index in [4.69, 9.17) is 4.74 Å². The van der Waals surface area contributed by atoms with Crippen LogP contribution in [-0.4, -0.2) is 42.6 Å². The van der Waals surface area contributed by atoms with E-state index in [1.165, 1.54) is 11.8 Å². The van der Waals surface area contributed by atoms with E-state index < -0.39 is 0 Å².